The first kappa shape index (κ1) is 12.1. The minimum atomic E-state index is 0.403. The molecule has 0 spiro atoms. The molecule has 0 fully saturated rings. The molecule has 1 heterocycles. The molecule has 1 aromatic carbocycles. The van der Waals surface area contributed by atoms with Crippen molar-refractivity contribution in [1.82, 2.24) is 9.66 Å². The van der Waals surface area contributed by atoms with Crippen LogP contribution in [0, 0.1) is 0 Å². The van der Waals surface area contributed by atoms with Gasteiger partial charge in [-0.25, -0.2) is 9.66 Å². The van der Waals surface area contributed by atoms with Gasteiger partial charge >= 0.3 is 0 Å². The molecule has 0 aliphatic carbocycles. The summed E-state index contributed by atoms with van der Waals surface area (Å²) in [6, 6.07) is 5.17. The Morgan fingerprint density at radius 1 is 1.24 bits per heavy atom. The molecule has 0 saturated heterocycles. The van der Waals surface area contributed by atoms with Crippen molar-refractivity contribution >= 4 is 29.0 Å². The number of benzene rings is 1. The number of nitrogens with two attached hydrogens (primary N) is 2. The van der Waals surface area contributed by atoms with Crippen LogP contribution in [-0.2, 0) is 6.42 Å². The van der Waals surface area contributed by atoms with E-state index in [1.165, 1.54) is 4.68 Å². The quantitative estimate of drug-likeness (QED) is 0.825. The number of aromatic nitrogens is 2. The predicted molar refractivity (Wildman–Crippen MR) is 71.6 cm³/mol. The Hall–Kier alpha value is -1.39. The van der Waals surface area contributed by atoms with Crippen molar-refractivity contribution in [3.8, 4) is 11.3 Å². The molecule has 2 aromatic rings. The third kappa shape index (κ3) is 2.18. The number of anilines is 1. The highest BCUT2D eigenvalue weighted by Crippen LogP contribution is 2.30. The molecule has 0 bridgehead atoms. The molecule has 0 saturated carbocycles. The summed E-state index contributed by atoms with van der Waals surface area (Å²) in [6.45, 7) is 1.96. The summed E-state index contributed by atoms with van der Waals surface area (Å²) in [4.78, 5) is 4.38. The summed E-state index contributed by atoms with van der Waals surface area (Å²) in [6.07, 6.45) is 0.703. The van der Waals surface area contributed by atoms with Crippen molar-refractivity contribution in [1.29, 1.82) is 0 Å². The standard InChI is InChI=1S/C11H12Cl2N4/c1-2-9-16-10(11(14)17(9)15)6-3-7(12)5-8(13)4-6/h3-5H,2,14-15H2,1H3. The van der Waals surface area contributed by atoms with Gasteiger partial charge in [0.2, 0.25) is 0 Å². The maximum absolute atomic E-state index is 5.94. The smallest absolute Gasteiger partial charge is 0.150 e. The van der Waals surface area contributed by atoms with Gasteiger partial charge in [0.05, 0.1) is 0 Å². The number of halogens is 2. The Morgan fingerprint density at radius 2 is 1.82 bits per heavy atom. The van der Waals surface area contributed by atoms with E-state index in [0.29, 0.717) is 33.8 Å². The van der Waals surface area contributed by atoms with Crippen LogP contribution in [0.25, 0.3) is 11.3 Å². The number of rotatable bonds is 2. The molecule has 0 amide bonds. The van der Waals surface area contributed by atoms with Crippen LogP contribution in [0.2, 0.25) is 10.0 Å². The third-order valence-electron chi connectivity index (χ3n) is 2.47. The number of hydrogen-bond donors (Lipinski definition) is 2. The van der Waals surface area contributed by atoms with Gasteiger partial charge < -0.3 is 11.6 Å². The fourth-order valence-electron chi connectivity index (χ4n) is 1.65. The van der Waals surface area contributed by atoms with E-state index in [0.717, 1.165) is 5.56 Å². The number of imidazole rings is 1. The van der Waals surface area contributed by atoms with E-state index >= 15 is 0 Å². The van der Waals surface area contributed by atoms with Gasteiger partial charge in [0.15, 0.2) is 5.82 Å². The number of aryl methyl sites for hydroxylation is 1. The molecular weight excluding hydrogens is 259 g/mol. The minimum absolute atomic E-state index is 0.403. The lowest BCUT2D eigenvalue weighted by Gasteiger charge is -2.02. The zero-order chi connectivity index (χ0) is 12.6. The van der Waals surface area contributed by atoms with Crippen LogP contribution in [0.15, 0.2) is 18.2 Å². The second kappa shape index (κ2) is 4.47. The molecule has 90 valence electrons. The van der Waals surface area contributed by atoms with E-state index in [9.17, 15) is 0 Å². The highest BCUT2D eigenvalue weighted by atomic mass is 35.5. The molecule has 4 nitrogen and oxygen atoms in total. The fourth-order valence-corrected chi connectivity index (χ4v) is 2.17. The van der Waals surface area contributed by atoms with Crippen LogP contribution in [0.4, 0.5) is 5.82 Å². The van der Waals surface area contributed by atoms with E-state index in [1.807, 2.05) is 6.92 Å². The van der Waals surface area contributed by atoms with Crippen molar-refractivity contribution < 1.29 is 0 Å². The van der Waals surface area contributed by atoms with E-state index < -0.39 is 0 Å². The fraction of sp³-hybridized carbons (Fsp3) is 0.182. The lowest BCUT2D eigenvalue weighted by Crippen LogP contribution is -2.14. The van der Waals surface area contributed by atoms with E-state index in [4.69, 9.17) is 34.8 Å². The summed E-state index contributed by atoms with van der Waals surface area (Å²) in [5, 5.41) is 1.08. The molecular formula is C11H12Cl2N4. The van der Waals surface area contributed by atoms with E-state index in [2.05, 4.69) is 4.98 Å². The maximum Gasteiger partial charge on any atom is 0.150 e. The van der Waals surface area contributed by atoms with Gasteiger partial charge in [-0.15, -0.1) is 0 Å². The predicted octanol–water partition coefficient (Wildman–Crippen LogP) is 2.72. The Labute approximate surface area is 109 Å². The van der Waals surface area contributed by atoms with Crippen molar-refractivity contribution in [3.05, 3.63) is 34.1 Å². The van der Waals surface area contributed by atoms with Gasteiger partial charge in [-0.3, -0.25) is 0 Å². The molecule has 2 rings (SSSR count). The van der Waals surface area contributed by atoms with E-state index in [1.54, 1.807) is 18.2 Å². The normalized spacial score (nSPS) is 10.8. The second-order valence-electron chi connectivity index (χ2n) is 3.64. The van der Waals surface area contributed by atoms with E-state index in [-0.39, 0.29) is 0 Å². The van der Waals surface area contributed by atoms with Crippen LogP contribution in [0.3, 0.4) is 0 Å². The molecule has 0 aliphatic rings. The van der Waals surface area contributed by atoms with Crippen molar-refractivity contribution in [3.63, 3.8) is 0 Å². The molecule has 0 aliphatic heterocycles. The monoisotopic (exact) mass is 270 g/mol. The molecule has 6 heteroatoms. The molecule has 0 atom stereocenters. The third-order valence-corrected chi connectivity index (χ3v) is 2.91. The van der Waals surface area contributed by atoms with Gasteiger partial charge in [-0.05, 0) is 18.2 Å². The minimum Gasteiger partial charge on any atom is -0.382 e. The Bertz CT molecular complexity index is 543. The van der Waals surface area contributed by atoms with Crippen molar-refractivity contribution in [2.45, 2.75) is 13.3 Å². The molecule has 17 heavy (non-hydrogen) atoms. The summed E-state index contributed by atoms with van der Waals surface area (Å²) in [5.41, 5.74) is 7.27. The van der Waals surface area contributed by atoms with Crippen LogP contribution in [0.5, 0.6) is 0 Å². The molecule has 4 N–H and O–H groups in total. The molecule has 0 radical (unpaired) electrons. The molecule has 0 unspecified atom stereocenters. The zero-order valence-corrected chi connectivity index (χ0v) is 10.8. The van der Waals surface area contributed by atoms with Crippen LogP contribution < -0.4 is 11.6 Å². The Kier molecular flexibility index (Phi) is 3.17. The maximum atomic E-state index is 5.94. The first-order valence-corrected chi connectivity index (χ1v) is 5.87. The number of nitrogens with zero attached hydrogens (tertiary/aromatic N) is 2. The Balaban J connectivity index is 2.60. The average molecular weight is 271 g/mol. The summed E-state index contributed by atoms with van der Waals surface area (Å²) in [5.74, 6) is 6.91. The van der Waals surface area contributed by atoms with Crippen LogP contribution in [-0.4, -0.2) is 9.66 Å². The number of nitrogen functional groups attached to an aromatic ring is 2. The van der Waals surface area contributed by atoms with Gasteiger partial charge in [0.25, 0.3) is 0 Å². The Morgan fingerprint density at radius 3 is 2.29 bits per heavy atom. The lowest BCUT2D eigenvalue weighted by atomic mass is 10.1. The first-order chi connectivity index (χ1) is 8.02. The largest absolute Gasteiger partial charge is 0.382 e. The van der Waals surface area contributed by atoms with Gasteiger partial charge in [0.1, 0.15) is 11.5 Å². The van der Waals surface area contributed by atoms with Crippen LogP contribution in [0.1, 0.15) is 12.7 Å². The van der Waals surface area contributed by atoms with Crippen molar-refractivity contribution in [2.24, 2.45) is 0 Å². The molecule has 1 aromatic heterocycles. The zero-order valence-electron chi connectivity index (χ0n) is 9.24. The topological polar surface area (TPSA) is 69.9 Å². The van der Waals surface area contributed by atoms with Gasteiger partial charge in [-0.1, -0.05) is 30.1 Å². The summed E-state index contributed by atoms with van der Waals surface area (Å²) < 4.78 is 1.38. The van der Waals surface area contributed by atoms with Crippen LogP contribution >= 0.6 is 23.2 Å². The van der Waals surface area contributed by atoms with Gasteiger partial charge in [-0.2, -0.15) is 0 Å². The highest BCUT2D eigenvalue weighted by molar-refractivity contribution is 6.35. The lowest BCUT2D eigenvalue weighted by molar-refractivity contribution is 0.865. The summed E-state index contributed by atoms with van der Waals surface area (Å²) >= 11 is 11.9. The second-order valence-corrected chi connectivity index (χ2v) is 4.52. The first-order valence-electron chi connectivity index (χ1n) is 5.11. The van der Waals surface area contributed by atoms with Gasteiger partial charge in [0, 0.05) is 22.0 Å². The van der Waals surface area contributed by atoms with Crippen molar-refractivity contribution in [2.75, 3.05) is 11.6 Å². The number of hydrogen-bond acceptors (Lipinski definition) is 3. The highest BCUT2D eigenvalue weighted by Gasteiger charge is 2.14. The summed E-state index contributed by atoms with van der Waals surface area (Å²) in [7, 11) is 0. The SMILES string of the molecule is CCc1nc(-c2cc(Cl)cc(Cl)c2)c(N)n1N. The average Bonchev–Trinajstić information content (AvgIpc) is 2.54.